The molecule has 0 heterocycles. The fourth-order valence-electron chi connectivity index (χ4n) is 3.59. The quantitative estimate of drug-likeness (QED) is 0.453. The van der Waals surface area contributed by atoms with Crippen molar-refractivity contribution in [1.82, 2.24) is 5.32 Å². The van der Waals surface area contributed by atoms with Crippen molar-refractivity contribution < 1.29 is 9.47 Å². The number of hydrogen-bond acceptors (Lipinski definition) is 3. The molecule has 0 radical (unpaired) electrons. The number of rotatable bonds is 9. The molecule has 0 saturated heterocycles. The summed E-state index contributed by atoms with van der Waals surface area (Å²) in [5.41, 5.74) is 2.47. The first-order valence-electron chi connectivity index (χ1n) is 9.96. The first-order chi connectivity index (χ1) is 13.1. The second kappa shape index (κ2) is 11.1. The third-order valence-electron chi connectivity index (χ3n) is 4.34. The fourth-order valence-corrected chi connectivity index (χ4v) is 3.87. The molecule has 0 bridgehead atoms. The van der Waals surface area contributed by atoms with Crippen LogP contribution in [0.4, 0.5) is 0 Å². The van der Waals surface area contributed by atoms with Crippen LogP contribution in [0.1, 0.15) is 59.1 Å². The molecule has 0 spiro atoms. The summed E-state index contributed by atoms with van der Waals surface area (Å²) in [6.45, 7) is 15.0. The minimum absolute atomic E-state index is 0. The van der Waals surface area contributed by atoms with E-state index in [2.05, 4.69) is 39.9 Å². The Balaban J connectivity index is 0.00000420. The molecule has 2 rings (SSSR count). The zero-order valence-corrected chi connectivity index (χ0v) is 20.0. The highest BCUT2D eigenvalue weighted by atomic mass is 35.5. The molecule has 29 heavy (non-hydrogen) atoms. The van der Waals surface area contributed by atoms with E-state index in [4.69, 9.17) is 21.1 Å². The third-order valence-corrected chi connectivity index (χ3v) is 4.62. The van der Waals surface area contributed by atoms with Gasteiger partial charge in [-0.25, -0.2) is 0 Å². The monoisotopic (exact) mass is 439 g/mol. The summed E-state index contributed by atoms with van der Waals surface area (Å²) < 4.78 is 11.8. The predicted octanol–water partition coefficient (Wildman–Crippen LogP) is 7.04. The van der Waals surface area contributed by atoms with E-state index in [0.29, 0.717) is 29.7 Å². The van der Waals surface area contributed by atoms with E-state index in [1.165, 1.54) is 0 Å². The van der Waals surface area contributed by atoms with Crippen molar-refractivity contribution in [3.8, 4) is 11.5 Å². The van der Waals surface area contributed by atoms with Gasteiger partial charge in [0.2, 0.25) is 0 Å². The van der Waals surface area contributed by atoms with Crippen molar-refractivity contribution in [2.45, 2.75) is 66.7 Å². The number of benzene rings is 2. The summed E-state index contributed by atoms with van der Waals surface area (Å²) in [6.07, 6.45) is 1.07. The average molecular weight is 440 g/mol. The molecule has 0 amide bonds. The molecule has 0 aliphatic carbocycles. The fraction of sp³-hybridized carbons (Fsp3) is 0.500. The molecule has 0 aliphatic heterocycles. The first-order valence-corrected chi connectivity index (χ1v) is 10.3. The van der Waals surface area contributed by atoms with Crippen molar-refractivity contribution in [3.63, 3.8) is 0 Å². The maximum atomic E-state index is 6.56. The normalized spacial score (nSPS) is 11.7. The highest BCUT2D eigenvalue weighted by Gasteiger charge is 2.25. The molecule has 0 fully saturated rings. The van der Waals surface area contributed by atoms with E-state index >= 15 is 0 Å². The highest BCUT2D eigenvalue weighted by molar-refractivity contribution is 6.32. The molecular formula is C24H35Cl2NO2. The van der Waals surface area contributed by atoms with Crippen molar-refractivity contribution in [2.24, 2.45) is 5.41 Å². The molecule has 0 aromatic heterocycles. The van der Waals surface area contributed by atoms with E-state index in [-0.39, 0.29) is 23.4 Å². The van der Waals surface area contributed by atoms with Crippen molar-refractivity contribution in [1.29, 1.82) is 0 Å². The van der Waals surface area contributed by atoms with Gasteiger partial charge < -0.3 is 14.8 Å². The van der Waals surface area contributed by atoms with Crippen molar-refractivity contribution in [2.75, 3.05) is 6.61 Å². The summed E-state index contributed by atoms with van der Waals surface area (Å²) in [4.78, 5) is 0. The second-order valence-corrected chi connectivity index (χ2v) is 9.49. The molecule has 0 saturated carbocycles. The molecule has 3 nitrogen and oxygen atoms in total. The van der Waals surface area contributed by atoms with Crippen LogP contribution in [-0.4, -0.2) is 12.1 Å². The van der Waals surface area contributed by atoms with E-state index < -0.39 is 0 Å². The number of ether oxygens (including phenoxy) is 2. The standard InChI is InChI=1S/C24H34ClNO2.ClH/c1-7-27-21-14-19(15-26-24(5,6)17-23(2,3)4)13-20(25)22(21)28-16-18-11-9-8-10-12-18;/h8-14,26H,7,15-17H2,1-6H3;1H. The summed E-state index contributed by atoms with van der Waals surface area (Å²) in [5, 5.41) is 4.23. The van der Waals surface area contributed by atoms with Gasteiger partial charge in [0.15, 0.2) is 11.5 Å². The van der Waals surface area contributed by atoms with Crippen LogP contribution in [0.3, 0.4) is 0 Å². The van der Waals surface area contributed by atoms with Gasteiger partial charge in [0.25, 0.3) is 0 Å². The molecule has 162 valence electrons. The predicted molar refractivity (Wildman–Crippen MR) is 126 cm³/mol. The molecule has 2 aromatic carbocycles. The van der Waals surface area contributed by atoms with Crippen LogP contribution in [0.15, 0.2) is 42.5 Å². The van der Waals surface area contributed by atoms with Gasteiger partial charge in [-0.05, 0) is 55.9 Å². The Kier molecular flexibility index (Phi) is 9.81. The highest BCUT2D eigenvalue weighted by Crippen LogP contribution is 2.37. The SMILES string of the molecule is CCOc1cc(CNC(C)(C)CC(C)(C)C)cc(Cl)c1OCc1ccccc1.Cl. The van der Waals surface area contributed by atoms with Gasteiger partial charge in [0.1, 0.15) is 6.61 Å². The summed E-state index contributed by atoms with van der Waals surface area (Å²) >= 11 is 6.56. The Hall–Kier alpha value is -1.42. The van der Waals surface area contributed by atoms with Crippen LogP contribution in [0, 0.1) is 5.41 Å². The minimum Gasteiger partial charge on any atom is -0.490 e. The first kappa shape index (κ1) is 25.6. The topological polar surface area (TPSA) is 30.5 Å². The van der Waals surface area contributed by atoms with Gasteiger partial charge in [-0.1, -0.05) is 62.7 Å². The van der Waals surface area contributed by atoms with E-state index in [1.807, 2.05) is 49.4 Å². The van der Waals surface area contributed by atoms with E-state index in [1.54, 1.807) is 0 Å². The Morgan fingerprint density at radius 3 is 2.17 bits per heavy atom. The van der Waals surface area contributed by atoms with Crippen molar-refractivity contribution >= 4 is 24.0 Å². The second-order valence-electron chi connectivity index (χ2n) is 9.09. The number of hydrogen-bond donors (Lipinski definition) is 1. The lowest BCUT2D eigenvalue weighted by atomic mass is 9.82. The maximum Gasteiger partial charge on any atom is 0.180 e. The number of halogens is 2. The lowest BCUT2D eigenvalue weighted by Gasteiger charge is -2.33. The Morgan fingerprint density at radius 2 is 1.59 bits per heavy atom. The van der Waals surface area contributed by atoms with Gasteiger partial charge in [-0.2, -0.15) is 0 Å². The van der Waals surface area contributed by atoms with Gasteiger partial charge in [-0.3, -0.25) is 0 Å². The smallest absolute Gasteiger partial charge is 0.180 e. The van der Waals surface area contributed by atoms with Gasteiger partial charge in [0.05, 0.1) is 11.6 Å². The van der Waals surface area contributed by atoms with Gasteiger partial charge >= 0.3 is 0 Å². The van der Waals surface area contributed by atoms with Crippen LogP contribution in [0.25, 0.3) is 0 Å². The molecule has 0 unspecified atom stereocenters. The number of nitrogens with one attached hydrogen (secondary N) is 1. The molecule has 2 aromatic rings. The third kappa shape index (κ3) is 8.86. The van der Waals surface area contributed by atoms with E-state index in [9.17, 15) is 0 Å². The Morgan fingerprint density at radius 1 is 0.931 bits per heavy atom. The van der Waals surface area contributed by atoms with Crippen molar-refractivity contribution in [3.05, 3.63) is 58.6 Å². The maximum absolute atomic E-state index is 6.56. The van der Waals surface area contributed by atoms with Crippen LogP contribution >= 0.6 is 24.0 Å². The van der Waals surface area contributed by atoms with Crippen LogP contribution in [0.5, 0.6) is 11.5 Å². The van der Waals surface area contributed by atoms with Gasteiger partial charge in [0, 0.05) is 12.1 Å². The average Bonchev–Trinajstić information content (AvgIpc) is 2.58. The summed E-state index contributed by atoms with van der Waals surface area (Å²) in [6, 6.07) is 14.0. The Labute approximate surface area is 187 Å². The lowest BCUT2D eigenvalue weighted by molar-refractivity contribution is 0.240. The van der Waals surface area contributed by atoms with Crippen LogP contribution in [-0.2, 0) is 13.2 Å². The zero-order valence-electron chi connectivity index (χ0n) is 18.5. The van der Waals surface area contributed by atoms with Crippen LogP contribution < -0.4 is 14.8 Å². The molecular weight excluding hydrogens is 405 g/mol. The molecule has 0 aliphatic rings. The minimum atomic E-state index is 0. The molecule has 1 N–H and O–H groups in total. The van der Waals surface area contributed by atoms with Crippen LogP contribution in [0.2, 0.25) is 5.02 Å². The summed E-state index contributed by atoms with van der Waals surface area (Å²) in [5.74, 6) is 1.29. The van der Waals surface area contributed by atoms with E-state index in [0.717, 1.165) is 24.1 Å². The largest absolute Gasteiger partial charge is 0.490 e. The summed E-state index contributed by atoms with van der Waals surface area (Å²) in [7, 11) is 0. The molecule has 0 atom stereocenters. The zero-order chi connectivity index (χ0) is 20.8. The molecule has 5 heteroatoms. The lowest BCUT2D eigenvalue weighted by Crippen LogP contribution is -2.41. The van der Waals surface area contributed by atoms with Gasteiger partial charge in [-0.15, -0.1) is 12.4 Å². The Bertz CT molecular complexity index is 755.